The summed E-state index contributed by atoms with van der Waals surface area (Å²) in [5, 5.41) is 30.6. The molecule has 0 bridgehead atoms. The van der Waals surface area contributed by atoms with Gasteiger partial charge in [0.25, 0.3) is 5.91 Å². The molecule has 5 rings (SSSR count). The van der Waals surface area contributed by atoms with E-state index in [1.165, 1.54) is 0 Å². The number of aromatic nitrogens is 2. The van der Waals surface area contributed by atoms with Gasteiger partial charge in [0.15, 0.2) is 6.35 Å². The average molecular weight is 539 g/mol. The predicted octanol–water partition coefficient (Wildman–Crippen LogP) is 3.95. The molecule has 1 amide bonds. The van der Waals surface area contributed by atoms with E-state index in [9.17, 15) is 15.0 Å². The first kappa shape index (κ1) is 25.5. The van der Waals surface area contributed by atoms with Crippen molar-refractivity contribution in [1.82, 2.24) is 20.2 Å². The van der Waals surface area contributed by atoms with E-state index in [-0.39, 0.29) is 5.91 Å². The van der Waals surface area contributed by atoms with Gasteiger partial charge >= 0.3 is 0 Å². The second-order valence-corrected chi connectivity index (χ2v) is 10.8. The van der Waals surface area contributed by atoms with Crippen LogP contribution in [-0.4, -0.2) is 62.2 Å². The summed E-state index contributed by atoms with van der Waals surface area (Å²) < 4.78 is 1.07. The van der Waals surface area contributed by atoms with Crippen LogP contribution in [0.2, 0.25) is 5.02 Å². The number of amides is 1. The molecule has 11 heteroatoms. The van der Waals surface area contributed by atoms with Gasteiger partial charge in [-0.05, 0) is 67.8 Å². The van der Waals surface area contributed by atoms with Crippen molar-refractivity contribution in [3.63, 3.8) is 0 Å². The fraction of sp³-hybridized carbons (Fsp3) is 0.269. The van der Waals surface area contributed by atoms with Crippen molar-refractivity contribution in [3.05, 3.63) is 71.4 Å². The van der Waals surface area contributed by atoms with Crippen LogP contribution in [0, 0.1) is 0 Å². The van der Waals surface area contributed by atoms with Gasteiger partial charge in [-0.25, -0.2) is 9.97 Å². The van der Waals surface area contributed by atoms with Crippen LogP contribution in [0.3, 0.4) is 0 Å². The Bertz CT molecular complexity index is 1440. The normalized spacial score (nSPS) is 19.3. The van der Waals surface area contributed by atoms with Crippen molar-refractivity contribution in [2.45, 2.75) is 32.0 Å². The molecule has 1 saturated heterocycles. The van der Waals surface area contributed by atoms with Crippen molar-refractivity contribution in [2.75, 3.05) is 23.7 Å². The minimum Gasteiger partial charge on any atom is -0.377 e. The van der Waals surface area contributed by atoms with Crippen molar-refractivity contribution in [1.29, 1.82) is 0 Å². The number of nitrogens with zero attached hydrogens (tertiary/aromatic N) is 3. The van der Waals surface area contributed by atoms with Crippen molar-refractivity contribution in [2.24, 2.45) is 0 Å². The standard InChI is InChI=1S/C26H27ClN6O3S/c1-26(2)23(35)32-25(36)33(26)11-10-29-24-28-9-8-19(31-24)21-14-16-13-18(6-7-20(16)37-21)30-22(34)15-4-3-5-17(27)12-15/h3-9,12-14,23,25,32,35-36H,10-11H2,1-2H3,(H,30,34)(H,28,29,31). The molecule has 2 aromatic heterocycles. The van der Waals surface area contributed by atoms with E-state index in [4.69, 9.17) is 11.6 Å². The third-order valence-electron chi connectivity index (χ3n) is 6.42. The number of rotatable bonds is 7. The molecule has 2 atom stereocenters. The molecule has 0 saturated carbocycles. The number of benzene rings is 2. The Morgan fingerprint density at radius 3 is 2.78 bits per heavy atom. The first-order chi connectivity index (χ1) is 17.7. The average Bonchev–Trinajstić information content (AvgIpc) is 3.37. The van der Waals surface area contributed by atoms with Crippen LogP contribution in [0.25, 0.3) is 20.7 Å². The first-order valence-corrected chi connectivity index (χ1v) is 13.0. The maximum atomic E-state index is 12.6. The molecule has 0 radical (unpaired) electrons. The molecule has 9 nitrogen and oxygen atoms in total. The van der Waals surface area contributed by atoms with Crippen molar-refractivity contribution in [3.8, 4) is 10.6 Å². The molecule has 1 fully saturated rings. The van der Waals surface area contributed by atoms with E-state index in [2.05, 4.69) is 25.9 Å². The van der Waals surface area contributed by atoms with E-state index >= 15 is 0 Å². The fourth-order valence-electron chi connectivity index (χ4n) is 4.27. The summed E-state index contributed by atoms with van der Waals surface area (Å²) >= 11 is 7.61. The van der Waals surface area contributed by atoms with Gasteiger partial charge in [-0.3, -0.25) is 15.0 Å². The number of carbonyl (C=O) groups is 1. The summed E-state index contributed by atoms with van der Waals surface area (Å²) in [7, 11) is 0. The number of aliphatic hydroxyl groups is 2. The Hall–Kier alpha value is -3.12. The van der Waals surface area contributed by atoms with Crippen LogP contribution >= 0.6 is 22.9 Å². The number of aliphatic hydroxyl groups excluding tert-OH is 2. The Balaban J connectivity index is 1.26. The highest BCUT2D eigenvalue weighted by Gasteiger charge is 2.45. The second-order valence-electron chi connectivity index (χ2n) is 9.31. The Labute approximate surface area is 223 Å². The van der Waals surface area contributed by atoms with E-state index in [1.54, 1.807) is 46.7 Å². The number of nitrogens with one attached hydrogen (secondary N) is 3. The van der Waals surface area contributed by atoms with Crippen LogP contribution in [0.5, 0.6) is 0 Å². The highest BCUT2D eigenvalue weighted by molar-refractivity contribution is 7.22. The lowest BCUT2D eigenvalue weighted by Gasteiger charge is -2.33. The maximum Gasteiger partial charge on any atom is 0.255 e. The van der Waals surface area contributed by atoms with E-state index < -0.39 is 18.1 Å². The van der Waals surface area contributed by atoms with Gasteiger partial charge in [0.1, 0.15) is 6.23 Å². The Morgan fingerprint density at radius 2 is 2.03 bits per heavy atom. The number of carbonyl (C=O) groups excluding carboxylic acids is 1. The van der Waals surface area contributed by atoms with Gasteiger partial charge in [-0.1, -0.05) is 17.7 Å². The van der Waals surface area contributed by atoms with E-state index in [0.29, 0.717) is 35.3 Å². The predicted molar refractivity (Wildman–Crippen MR) is 147 cm³/mol. The summed E-state index contributed by atoms with van der Waals surface area (Å²) in [6.07, 6.45) is -0.0375. The molecule has 3 heterocycles. The minimum atomic E-state index is -0.919. The summed E-state index contributed by atoms with van der Waals surface area (Å²) in [6.45, 7) is 4.71. The van der Waals surface area contributed by atoms with Gasteiger partial charge in [-0.2, -0.15) is 0 Å². The zero-order valence-corrected chi connectivity index (χ0v) is 21.8. The van der Waals surface area contributed by atoms with Crippen LogP contribution in [0.1, 0.15) is 24.2 Å². The number of anilines is 2. The summed E-state index contributed by atoms with van der Waals surface area (Å²) in [5.74, 6) is 0.253. The number of fused-ring (bicyclic) bond motifs is 1. The first-order valence-electron chi connectivity index (χ1n) is 11.8. The topological polar surface area (TPSA) is 123 Å². The van der Waals surface area contributed by atoms with Crippen LogP contribution in [-0.2, 0) is 0 Å². The number of thiophene rings is 1. The summed E-state index contributed by atoms with van der Waals surface area (Å²) in [6, 6.07) is 16.5. The maximum absolute atomic E-state index is 12.6. The van der Waals surface area contributed by atoms with Gasteiger partial charge in [0, 0.05) is 40.3 Å². The van der Waals surface area contributed by atoms with Crippen LogP contribution < -0.4 is 16.0 Å². The zero-order valence-electron chi connectivity index (χ0n) is 20.3. The minimum absolute atomic E-state index is 0.223. The molecular weight excluding hydrogens is 512 g/mol. The van der Waals surface area contributed by atoms with Crippen molar-refractivity contribution >= 4 is 50.6 Å². The van der Waals surface area contributed by atoms with Gasteiger partial charge in [-0.15, -0.1) is 11.3 Å². The van der Waals surface area contributed by atoms with Crippen LogP contribution in [0.4, 0.5) is 11.6 Å². The second kappa shape index (κ2) is 10.3. The fourth-order valence-corrected chi connectivity index (χ4v) is 5.47. The molecular formula is C26H27ClN6O3S. The van der Waals surface area contributed by atoms with Gasteiger partial charge in [0.2, 0.25) is 5.95 Å². The molecule has 0 spiro atoms. The summed E-state index contributed by atoms with van der Waals surface area (Å²) in [5.41, 5.74) is 1.36. The highest BCUT2D eigenvalue weighted by atomic mass is 35.5. The molecule has 5 N–H and O–H groups in total. The Kier molecular flexibility index (Phi) is 7.13. The molecule has 0 aliphatic carbocycles. The summed E-state index contributed by atoms with van der Waals surface area (Å²) in [4.78, 5) is 24.3. The SMILES string of the molecule is CC1(C)C(O)NC(O)N1CCNc1nccc(-c2cc3cc(NC(=O)c4cccc(Cl)c4)ccc3s2)n1. The van der Waals surface area contributed by atoms with Gasteiger partial charge in [0.05, 0.1) is 16.1 Å². The van der Waals surface area contributed by atoms with Crippen LogP contribution in [0.15, 0.2) is 60.8 Å². The number of hydrogen-bond donors (Lipinski definition) is 5. The lowest BCUT2D eigenvalue weighted by molar-refractivity contribution is -0.0191. The van der Waals surface area contributed by atoms with Gasteiger partial charge < -0.3 is 20.8 Å². The molecule has 1 aliphatic rings. The monoisotopic (exact) mass is 538 g/mol. The number of hydrogen-bond acceptors (Lipinski definition) is 9. The Morgan fingerprint density at radius 1 is 1.19 bits per heavy atom. The lowest BCUT2D eigenvalue weighted by atomic mass is 10.0. The molecule has 192 valence electrons. The molecule has 37 heavy (non-hydrogen) atoms. The van der Waals surface area contributed by atoms with E-state index in [1.807, 2.05) is 44.2 Å². The molecule has 2 aromatic carbocycles. The third kappa shape index (κ3) is 5.45. The van der Waals surface area contributed by atoms with E-state index in [0.717, 1.165) is 20.7 Å². The smallest absolute Gasteiger partial charge is 0.255 e. The molecule has 1 aliphatic heterocycles. The molecule has 4 aromatic rings. The lowest BCUT2D eigenvalue weighted by Crippen LogP contribution is -2.49. The number of halogens is 1. The quantitative estimate of drug-likeness (QED) is 0.240. The van der Waals surface area contributed by atoms with Crippen molar-refractivity contribution < 1.29 is 15.0 Å². The largest absolute Gasteiger partial charge is 0.377 e. The highest BCUT2D eigenvalue weighted by Crippen LogP contribution is 2.34. The molecule has 2 unspecified atom stereocenters. The third-order valence-corrected chi connectivity index (χ3v) is 7.79. The zero-order chi connectivity index (χ0) is 26.2.